The lowest BCUT2D eigenvalue weighted by Gasteiger charge is -2.38. The summed E-state index contributed by atoms with van der Waals surface area (Å²) in [4.78, 5) is 16.8. The lowest BCUT2D eigenvalue weighted by Crippen LogP contribution is -2.50. The molecule has 0 unspecified atom stereocenters. The van der Waals surface area contributed by atoms with Gasteiger partial charge < -0.3 is 19.6 Å². The Morgan fingerprint density at radius 1 is 1.18 bits per heavy atom. The van der Waals surface area contributed by atoms with Crippen LogP contribution in [0.25, 0.3) is 0 Å². The molecule has 0 radical (unpaired) electrons. The van der Waals surface area contributed by atoms with Crippen molar-refractivity contribution in [3.8, 4) is 5.75 Å². The van der Waals surface area contributed by atoms with Gasteiger partial charge in [-0.1, -0.05) is 6.92 Å². The predicted octanol–water partition coefficient (Wildman–Crippen LogP) is 2.43. The molecule has 1 N–H and O–H groups in total. The third-order valence-electron chi connectivity index (χ3n) is 6.12. The number of ether oxygens (including phenoxy) is 1. The summed E-state index contributed by atoms with van der Waals surface area (Å²) >= 11 is 0. The molecule has 1 aliphatic heterocycles. The van der Waals surface area contributed by atoms with Crippen LogP contribution in [-0.4, -0.2) is 81.6 Å². The van der Waals surface area contributed by atoms with E-state index < -0.39 is 28.0 Å². The molecule has 0 fully saturated rings. The number of carbonyl (C=O) groups excluding carboxylic acids is 1. The SMILES string of the molecule is C[C@@H]1CN([C@H](C)CO)C(=O)c2cc(N(C)C)ccc2O[C@@H]1CN(C)S(=O)(=O)c1ccc(F)cc1. The second kappa shape index (κ2) is 10.3. The van der Waals surface area contributed by atoms with Crippen molar-refractivity contribution in [1.29, 1.82) is 0 Å². The molecule has 0 bridgehead atoms. The fourth-order valence-electron chi connectivity index (χ4n) is 3.84. The van der Waals surface area contributed by atoms with Gasteiger partial charge in [-0.25, -0.2) is 12.8 Å². The molecule has 1 aliphatic rings. The molecule has 10 heteroatoms. The Kier molecular flexibility index (Phi) is 7.84. The van der Waals surface area contributed by atoms with Crippen LogP contribution in [0.4, 0.5) is 10.1 Å². The average molecular weight is 494 g/mol. The number of amides is 1. The van der Waals surface area contributed by atoms with E-state index in [1.54, 1.807) is 24.0 Å². The molecule has 2 aromatic rings. The zero-order valence-corrected chi connectivity index (χ0v) is 20.9. The van der Waals surface area contributed by atoms with Crippen LogP contribution in [0, 0.1) is 11.7 Å². The van der Waals surface area contributed by atoms with Crippen LogP contribution in [-0.2, 0) is 10.0 Å². The standard InChI is InChI=1S/C24H32FN3O5S/c1-16-13-28(17(2)15-29)24(30)21-12-19(26(3)4)8-11-22(21)33-23(16)14-27(5)34(31,32)20-9-6-18(25)7-10-20/h6-12,16-17,23,29H,13-15H2,1-5H3/t16-,17-,23-/m1/s1. The summed E-state index contributed by atoms with van der Waals surface area (Å²) in [7, 11) is 1.30. The molecule has 0 saturated heterocycles. The maximum absolute atomic E-state index is 13.4. The lowest BCUT2D eigenvalue weighted by molar-refractivity contribution is 0.0387. The van der Waals surface area contributed by atoms with Gasteiger partial charge in [-0.05, 0) is 49.4 Å². The van der Waals surface area contributed by atoms with Gasteiger partial charge in [-0.2, -0.15) is 4.31 Å². The molecular formula is C24H32FN3O5S. The van der Waals surface area contributed by atoms with Crippen LogP contribution in [0.5, 0.6) is 5.75 Å². The number of rotatable bonds is 7. The number of hydrogen-bond acceptors (Lipinski definition) is 6. The third kappa shape index (κ3) is 5.34. The Labute approximate surface area is 200 Å². The van der Waals surface area contributed by atoms with Gasteiger partial charge in [-0.15, -0.1) is 0 Å². The summed E-state index contributed by atoms with van der Waals surface area (Å²) in [6, 6.07) is 9.52. The summed E-state index contributed by atoms with van der Waals surface area (Å²) in [5.74, 6) is -0.659. The first-order valence-corrected chi connectivity index (χ1v) is 12.5. The van der Waals surface area contributed by atoms with Gasteiger partial charge in [0.2, 0.25) is 10.0 Å². The largest absolute Gasteiger partial charge is 0.488 e. The van der Waals surface area contributed by atoms with Gasteiger partial charge in [0.1, 0.15) is 17.7 Å². The van der Waals surface area contributed by atoms with Gasteiger partial charge >= 0.3 is 0 Å². The molecule has 34 heavy (non-hydrogen) atoms. The van der Waals surface area contributed by atoms with Crippen molar-refractivity contribution in [2.45, 2.75) is 30.9 Å². The summed E-state index contributed by atoms with van der Waals surface area (Å²) in [6.45, 7) is 3.74. The van der Waals surface area contributed by atoms with Crippen LogP contribution in [0.2, 0.25) is 0 Å². The molecule has 0 spiro atoms. The van der Waals surface area contributed by atoms with Crippen molar-refractivity contribution >= 4 is 21.6 Å². The number of benzene rings is 2. The van der Waals surface area contributed by atoms with E-state index in [9.17, 15) is 22.7 Å². The van der Waals surface area contributed by atoms with Crippen molar-refractivity contribution in [2.75, 3.05) is 45.7 Å². The van der Waals surface area contributed by atoms with E-state index in [1.165, 1.54) is 23.5 Å². The summed E-state index contributed by atoms with van der Waals surface area (Å²) in [5.41, 5.74) is 1.17. The minimum absolute atomic E-state index is 0.0170. The van der Waals surface area contributed by atoms with Gasteiger partial charge in [0, 0.05) is 39.3 Å². The molecule has 186 valence electrons. The van der Waals surface area contributed by atoms with Crippen LogP contribution < -0.4 is 9.64 Å². The number of halogens is 1. The number of aliphatic hydroxyl groups excluding tert-OH is 1. The lowest BCUT2D eigenvalue weighted by atomic mass is 9.99. The van der Waals surface area contributed by atoms with Crippen LogP contribution >= 0.6 is 0 Å². The average Bonchev–Trinajstić information content (AvgIpc) is 2.80. The van der Waals surface area contributed by atoms with Gasteiger partial charge in [-0.3, -0.25) is 4.79 Å². The zero-order chi connectivity index (χ0) is 25.2. The molecule has 3 rings (SSSR count). The summed E-state index contributed by atoms with van der Waals surface area (Å²) in [5, 5.41) is 9.76. The molecule has 2 aromatic carbocycles. The number of carbonyl (C=O) groups is 1. The van der Waals surface area contributed by atoms with Crippen molar-refractivity contribution in [3.63, 3.8) is 0 Å². The summed E-state index contributed by atoms with van der Waals surface area (Å²) in [6.07, 6.45) is -0.578. The second-order valence-electron chi connectivity index (χ2n) is 8.94. The van der Waals surface area contributed by atoms with Crippen LogP contribution in [0.15, 0.2) is 47.4 Å². The summed E-state index contributed by atoms with van der Waals surface area (Å²) < 4.78 is 46.8. The highest BCUT2D eigenvalue weighted by atomic mass is 32.2. The minimum Gasteiger partial charge on any atom is -0.488 e. The maximum Gasteiger partial charge on any atom is 0.258 e. The zero-order valence-electron chi connectivity index (χ0n) is 20.1. The first kappa shape index (κ1) is 25.9. The number of sulfonamides is 1. The van der Waals surface area contributed by atoms with Crippen molar-refractivity contribution < 1.29 is 27.4 Å². The number of likely N-dealkylation sites (N-methyl/N-ethyl adjacent to an activating group) is 1. The number of fused-ring (bicyclic) bond motifs is 1. The van der Waals surface area contributed by atoms with Crippen LogP contribution in [0.1, 0.15) is 24.2 Å². The fourth-order valence-corrected chi connectivity index (χ4v) is 5.03. The Hall–Kier alpha value is -2.69. The van der Waals surface area contributed by atoms with E-state index in [1.807, 2.05) is 32.0 Å². The first-order chi connectivity index (χ1) is 15.9. The third-order valence-corrected chi connectivity index (χ3v) is 7.96. The first-order valence-electron chi connectivity index (χ1n) is 11.1. The minimum atomic E-state index is -3.88. The number of anilines is 1. The highest BCUT2D eigenvalue weighted by Crippen LogP contribution is 2.31. The molecule has 0 saturated carbocycles. The quantitative estimate of drug-likeness (QED) is 0.637. The maximum atomic E-state index is 13.4. The monoisotopic (exact) mass is 493 g/mol. The van der Waals surface area contributed by atoms with Gasteiger partial charge in [0.25, 0.3) is 5.91 Å². The Morgan fingerprint density at radius 2 is 1.82 bits per heavy atom. The smallest absolute Gasteiger partial charge is 0.258 e. The molecule has 1 heterocycles. The highest BCUT2D eigenvalue weighted by molar-refractivity contribution is 7.89. The topological polar surface area (TPSA) is 90.4 Å². The molecule has 0 aromatic heterocycles. The number of hydrogen-bond donors (Lipinski definition) is 1. The molecular weight excluding hydrogens is 461 g/mol. The molecule has 8 nitrogen and oxygen atoms in total. The predicted molar refractivity (Wildman–Crippen MR) is 128 cm³/mol. The normalized spacial score (nSPS) is 19.8. The van der Waals surface area contributed by atoms with Crippen molar-refractivity contribution in [1.82, 2.24) is 9.21 Å². The molecule has 0 aliphatic carbocycles. The molecule has 3 atom stereocenters. The van der Waals surface area contributed by atoms with E-state index in [-0.39, 0.29) is 36.4 Å². The van der Waals surface area contributed by atoms with Crippen LogP contribution in [0.3, 0.4) is 0 Å². The Bertz CT molecular complexity index is 1120. The number of nitrogens with zero attached hydrogens (tertiary/aromatic N) is 3. The van der Waals surface area contributed by atoms with E-state index in [4.69, 9.17) is 4.74 Å². The van der Waals surface area contributed by atoms with E-state index in [0.29, 0.717) is 11.3 Å². The van der Waals surface area contributed by atoms with E-state index in [2.05, 4.69) is 0 Å². The van der Waals surface area contributed by atoms with E-state index >= 15 is 0 Å². The highest BCUT2D eigenvalue weighted by Gasteiger charge is 2.35. The van der Waals surface area contributed by atoms with E-state index in [0.717, 1.165) is 17.8 Å². The van der Waals surface area contributed by atoms with Crippen molar-refractivity contribution in [3.05, 3.63) is 53.8 Å². The second-order valence-corrected chi connectivity index (χ2v) is 11.0. The van der Waals surface area contributed by atoms with Gasteiger partial charge in [0.15, 0.2) is 0 Å². The van der Waals surface area contributed by atoms with Gasteiger partial charge in [0.05, 0.1) is 29.7 Å². The Balaban J connectivity index is 1.97. The Morgan fingerprint density at radius 3 is 2.41 bits per heavy atom. The van der Waals surface area contributed by atoms with Crippen molar-refractivity contribution in [2.24, 2.45) is 5.92 Å². The molecule has 1 amide bonds. The number of aliphatic hydroxyl groups is 1. The fraction of sp³-hybridized carbons (Fsp3) is 0.458.